The summed E-state index contributed by atoms with van der Waals surface area (Å²) >= 11 is 0. The van der Waals surface area contributed by atoms with Gasteiger partial charge in [0.1, 0.15) is 18.6 Å². The van der Waals surface area contributed by atoms with E-state index in [1.807, 2.05) is 13.8 Å². The van der Waals surface area contributed by atoms with Gasteiger partial charge in [0.25, 0.3) is 0 Å². The monoisotopic (exact) mass is 356 g/mol. The highest BCUT2D eigenvalue weighted by Crippen LogP contribution is 2.11. The van der Waals surface area contributed by atoms with Crippen LogP contribution < -0.4 is 21.3 Å². The van der Waals surface area contributed by atoms with Crippen LogP contribution in [0.15, 0.2) is 0 Å². The van der Waals surface area contributed by atoms with E-state index >= 15 is 0 Å². The fraction of sp³-hybridized carbons (Fsp3) is 0.750. The van der Waals surface area contributed by atoms with E-state index in [0.717, 1.165) is 19.4 Å². The average molecular weight is 356 g/mol. The molecule has 0 spiro atoms. The molecule has 1 rings (SSSR count). The van der Waals surface area contributed by atoms with Crippen molar-refractivity contribution in [2.45, 2.75) is 58.2 Å². The number of nitrogens with one attached hydrogen (secondary N) is 4. The summed E-state index contributed by atoms with van der Waals surface area (Å²) in [6, 6.07) is -1.95. The number of amides is 3. The van der Waals surface area contributed by atoms with Crippen LogP contribution in [0.2, 0.25) is 0 Å². The van der Waals surface area contributed by atoms with Crippen molar-refractivity contribution in [3.63, 3.8) is 0 Å². The minimum absolute atomic E-state index is 0.111. The molecule has 5 N–H and O–H groups in total. The molecule has 3 amide bonds. The number of hydrogen-bond acceptors (Lipinski definition) is 5. The van der Waals surface area contributed by atoms with Crippen molar-refractivity contribution in [2.24, 2.45) is 5.92 Å². The molecule has 0 radical (unpaired) electrons. The van der Waals surface area contributed by atoms with Gasteiger partial charge >= 0.3 is 5.97 Å². The number of carboxylic acids is 1. The zero-order valence-electron chi connectivity index (χ0n) is 14.9. The van der Waals surface area contributed by atoms with Crippen molar-refractivity contribution in [1.29, 1.82) is 0 Å². The van der Waals surface area contributed by atoms with Gasteiger partial charge in [0.15, 0.2) is 0 Å². The zero-order chi connectivity index (χ0) is 19.0. The molecule has 4 unspecified atom stereocenters. The largest absolute Gasteiger partial charge is 0.480 e. The molecule has 142 valence electrons. The van der Waals surface area contributed by atoms with E-state index in [2.05, 4.69) is 21.3 Å². The molecule has 0 saturated carbocycles. The lowest BCUT2D eigenvalue weighted by Crippen LogP contribution is -2.57. The smallest absolute Gasteiger partial charge is 0.322 e. The summed E-state index contributed by atoms with van der Waals surface area (Å²) in [7, 11) is 0. The van der Waals surface area contributed by atoms with Crippen LogP contribution in [0, 0.1) is 5.92 Å². The molecule has 1 heterocycles. The quantitative estimate of drug-likeness (QED) is 0.358. The SMILES string of the molecule is CCC(C)C(NC(=O)C1CCCN1)C(=O)NC(C)C(=O)NCC(=O)O. The number of hydrogen-bond donors (Lipinski definition) is 5. The van der Waals surface area contributed by atoms with Gasteiger partial charge in [-0.05, 0) is 32.2 Å². The minimum atomic E-state index is -1.17. The lowest BCUT2D eigenvalue weighted by Gasteiger charge is -2.26. The van der Waals surface area contributed by atoms with E-state index in [-0.39, 0.29) is 17.9 Å². The Bertz CT molecular complexity index is 505. The van der Waals surface area contributed by atoms with Gasteiger partial charge in [0.2, 0.25) is 17.7 Å². The van der Waals surface area contributed by atoms with Crippen LogP contribution in [0.4, 0.5) is 0 Å². The molecule has 1 fully saturated rings. The van der Waals surface area contributed by atoms with Crippen LogP contribution in [-0.2, 0) is 19.2 Å². The molecule has 1 aliphatic rings. The van der Waals surface area contributed by atoms with E-state index in [1.165, 1.54) is 6.92 Å². The molecule has 0 bridgehead atoms. The Morgan fingerprint density at radius 2 is 1.84 bits per heavy atom. The first kappa shape index (κ1) is 20.9. The van der Waals surface area contributed by atoms with Crippen LogP contribution in [0.1, 0.15) is 40.0 Å². The summed E-state index contributed by atoms with van der Waals surface area (Å²) in [6.07, 6.45) is 2.32. The van der Waals surface area contributed by atoms with Gasteiger partial charge in [-0.15, -0.1) is 0 Å². The van der Waals surface area contributed by atoms with Crippen LogP contribution in [0.3, 0.4) is 0 Å². The molecule has 1 aliphatic heterocycles. The topological polar surface area (TPSA) is 137 Å². The summed E-state index contributed by atoms with van der Waals surface area (Å²) in [6.45, 7) is 5.48. The zero-order valence-corrected chi connectivity index (χ0v) is 14.9. The van der Waals surface area contributed by atoms with Gasteiger partial charge < -0.3 is 26.4 Å². The van der Waals surface area contributed by atoms with E-state index in [4.69, 9.17) is 5.11 Å². The third-order valence-electron chi connectivity index (χ3n) is 4.34. The lowest BCUT2D eigenvalue weighted by molar-refractivity contribution is -0.138. The highest BCUT2D eigenvalue weighted by molar-refractivity contribution is 5.93. The van der Waals surface area contributed by atoms with Gasteiger partial charge in [-0.25, -0.2) is 0 Å². The number of carbonyl (C=O) groups excluding carboxylic acids is 3. The van der Waals surface area contributed by atoms with E-state index in [1.54, 1.807) is 0 Å². The Kier molecular flexibility index (Phi) is 8.33. The maximum Gasteiger partial charge on any atom is 0.322 e. The van der Waals surface area contributed by atoms with Crippen molar-refractivity contribution in [3.8, 4) is 0 Å². The predicted octanol–water partition coefficient (Wildman–Crippen LogP) is -1.03. The first-order valence-corrected chi connectivity index (χ1v) is 8.59. The standard InChI is InChI=1S/C16H28N4O5/c1-4-9(2)13(20-15(24)11-6-5-7-17-11)16(25)19-10(3)14(23)18-8-12(21)22/h9-11,13,17H,4-8H2,1-3H3,(H,18,23)(H,19,25)(H,20,24)(H,21,22). The second kappa shape index (κ2) is 9.97. The summed E-state index contributed by atoms with van der Waals surface area (Å²) in [5, 5.41) is 19.2. The lowest BCUT2D eigenvalue weighted by atomic mass is 9.97. The fourth-order valence-electron chi connectivity index (χ4n) is 2.55. The average Bonchev–Trinajstić information content (AvgIpc) is 3.10. The van der Waals surface area contributed by atoms with Crippen LogP contribution >= 0.6 is 0 Å². The summed E-state index contributed by atoms with van der Waals surface area (Å²) in [5.74, 6) is -2.55. The van der Waals surface area contributed by atoms with Crippen molar-refractivity contribution < 1.29 is 24.3 Å². The minimum Gasteiger partial charge on any atom is -0.480 e. The van der Waals surface area contributed by atoms with Gasteiger partial charge in [-0.2, -0.15) is 0 Å². The van der Waals surface area contributed by atoms with E-state index < -0.39 is 36.4 Å². The fourth-order valence-corrected chi connectivity index (χ4v) is 2.55. The summed E-state index contributed by atoms with van der Waals surface area (Å²) < 4.78 is 0. The highest BCUT2D eigenvalue weighted by atomic mass is 16.4. The Balaban J connectivity index is 2.64. The van der Waals surface area contributed by atoms with Crippen molar-refractivity contribution in [1.82, 2.24) is 21.3 Å². The maximum absolute atomic E-state index is 12.5. The summed E-state index contributed by atoms with van der Waals surface area (Å²) in [4.78, 5) is 47.1. The van der Waals surface area contributed by atoms with Crippen LogP contribution in [0.5, 0.6) is 0 Å². The molecule has 25 heavy (non-hydrogen) atoms. The maximum atomic E-state index is 12.5. The van der Waals surface area contributed by atoms with Gasteiger partial charge in [-0.1, -0.05) is 20.3 Å². The third-order valence-corrected chi connectivity index (χ3v) is 4.34. The first-order valence-electron chi connectivity index (χ1n) is 8.59. The number of rotatable bonds is 9. The molecule has 4 atom stereocenters. The van der Waals surface area contributed by atoms with Gasteiger partial charge in [-0.3, -0.25) is 19.2 Å². The number of carboxylic acid groups (broad SMARTS) is 1. The number of aliphatic carboxylic acids is 1. The van der Waals surface area contributed by atoms with Gasteiger partial charge in [0.05, 0.1) is 6.04 Å². The molecule has 0 aromatic carbocycles. The van der Waals surface area contributed by atoms with E-state index in [9.17, 15) is 19.2 Å². The Morgan fingerprint density at radius 3 is 2.36 bits per heavy atom. The Morgan fingerprint density at radius 1 is 1.16 bits per heavy atom. The van der Waals surface area contributed by atoms with Gasteiger partial charge in [0, 0.05) is 0 Å². The van der Waals surface area contributed by atoms with Crippen LogP contribution in [-0.4, -0.2) is 60.0 Å². The van der Waals surface area contributed by atoms with Crippen molar-refractivity contribution >= 4 is 23.7 Å². The molecule has 1 saturated heterocycles. The molecule has 9 heteroatoms. The molecule has 0 aromatic heterocycles. The highest BCUT2D eigenvalue weighted by Gasteiger charge is 2.31. The first-order chi connectivity index (χ1) is 11.8. The summed E-state index contributed by atoms with van der Waals surface area (Å²) in [5.41, 5.74) is 0. The Labute approximate surface area is 147 Å². The third kappa shape index (κ3) is 6.69. The Hall–Kier alpha value is -2.16. The molecule has 0 aliphatic carbocycles. The predicted molar refractivity (Wildman–Crippen MR) is 90.7 cm³/mol. The van der Waals surface area contributed by atoms with Crippen molar-refractivity contribution in [3.05, 3.63) is 0 Å². The second-order valence-electron chi connectivity index (χ2n) is 6.36. The molecule has 9 nitrogen and oxygen atoms in total. The van der Waals surface area contributed by atoms with Crippen LogP contribution in [0.25, 0.3) is 0 Å². The second-order valence-corrected chi connectivity index (χ2v) is 6.36. The normalized spacial score (nSPS) is 20.2. The van der Waals surface area contributed by atoms with Crippen molar-refractivity contribution in [2.75, 3.05) is 13.1 Å². The number of carbonyl (C=O) groups is 4. The molecular weight excluding hydrogens is 328 g/mol. The molecular formula is C16H28N4O5. The van der Waals surface area contributed by atoms with E-state index in [0.29, 0.717) is 6.42 Å². The molecule has 0 aromatic rings.